The van der Waals surface area contributed by atoms with E-state index >= 15 is 0 Å². The van der Waals surface area contributed by atoms with E-state index < -0.39 is 41.0 Å². The molecule has 1 amide bonds. The standard InChI is InChI=1S/C19H25ClFNO4.Na/c1-18(2,3)26-17(25)22-14(8-9-19(22,4)5)15(16(23)24)11-6-7-12(20)13(21)10-11;/h6-7,10,14-15H,8-9H2,1-5H3,(H,23,24);/q;+1/p-1/t14-,15-;/m0./s1. The maximum Gasteiger partial charge on any atom is 1.00 e. The summed E-state index contributed by atoms with van der Waals surface area (Å²) < 4.78 is 19.3. The van der Waals surface area contributed by atoms with Crippen LogP contribution in [0, 0.1) is 5.82 Å². The second-order valence-electron chi connectivity index (χ2n) is 8.24. The molecular weight excluding hydrogens is 384 g/mol. The fraction of sp³-hybridized carbons (Fsp3) is 0.579. The number of carboxylic acids is 1. The van der Waals surface area contributed by atoms with Gasteiger partial charge in [-0.05, 0) is 65.2 Å². The molecule has 1 aliphatic rings. The Morgan fingerprint density at radius 3 is 2.44 bits per heavy atom. The van der Waals surface area contributed by atoms with E-state index in [0.717, 1.165) is 6.07 Å². The summed E-state index contributed by atoms with van der Waals surface area (Å²) in [6.07, 6.45) is 0.442. The number of likely N-dealkylation sites (tertiary alicyclic amines) is 1. The van der Waals surface area contributed by atoms with E-state index in [1.165, 1.54) is 17.0 Å². The molecule has 0 aliphatic carbocycles. The second-order valence-corrected chi connectivity index (χ2v) is 8.65. The Bertz CT molecular complexity index is 720. The van der Waals surface area contributed by atoms with Gasteiger partial charge in [0.1, 0.15) is 11.4 Å². The molecule has 1 fully saturated rings. The number of benzene rings is 1. The van der Waals surface area contributed by atoms with Gasteiger partial charge in [0.05, 0.1) is 11.0 Å². The first-order valence-electron chi connectivity index (χ1n) is 8.51. The molecule has 1 aromatic rings. The van der Waals surface area contributed by atoms with Gasteiger partial charge in [-0.2, -0.15) is 0 Å². The van der Waals surface area contributed by atoms with Crippen LogP contribution in [0.4, 0.5) is 9.18 Å². The number of hydrogen-bond donors (Lipinski definition) is 0. The molecule has 1 heterocycles. The summed E-state index contributed by atoms with van der Waals surface area (Å²) in [7, 11) is 0. The van der Waals surface area contributed by atoms with E-state index in [4.69, 9.17) is 16.3 Å². The zero-order valence-electron chi connectivity index (χ0n) is 16.6. The van der Waals surface area contributed by atoms with Gasteiger partial charge in [0, 0.05) is 17.5 Å². The first-order valence-corrected chi connectivity index (χ1v) is 8.89. The smallest absolute Gasteiger partial charge is 0.549 e. The Labute approximate surface area is 186 Å². The molecule has 27 heavy (non-hydrogen) atoms. The Kier molecular flexibility index (Phi) is 7.79. The van der Waals surface area contributed by atoms with Gasteiger partial charge < -0.3 is 14.6 Å². The number of halogens is 2. The molecule has 1 aliphatic heterocycles. The maximum absolute atomic E-state index is 13.9. The van der Waals surface area contributed by atoms with Crippen LogP contribution in [0.25, 0.3) is 0 Å². The fourth-order valence-electron chi connectivity index (χ4n) is 3.43. The fourth-order valence-corrected chi connectivity index (χ4v) is 3.55. The molecule has 0 saturated carbocycles. The Balaban J connectivity index is 0.00000364. The Hall–Kier alpha value is -0.820. The Morgan fingerprint density at radius 1 is 1.37 bits per heavy atom. The van der Waals surface area contributed by atoms with Crippen LogP contribution in [0.2, 0.25) is 5.02 Å². The molecule has 0 unspecified atom stereocenters. The summed E-state index contributed by atoms with van der Waals surface area (Å²) in [6, 6.07) is 3.14. The molecule has 2 atom stereocenters. The number of aliphatic carboxylic acids is 1. The number of carbonyl (C=O) groups is 2. The number of carbonyl (C=O) groups excluding carboxylic acids is 2. The van der Waals surface area contributed by atoms with E-state index in [1.54, 1.807) is 20.8 Å². The molecule has 1 aromatic carbocycles. The van der Waals surface area contributed by atoms with Crippen LogP contribution in [0.5, 0.6) is 0 Å². The van der Waals surface area contributed by atoms with Crippen LogP contribution in [0.15, 0.2) is 18.2 Å². The third-order valence-corrected chi connectivity index (χ3v) is 4.87. The van der Waals surface area contributed by atoms with E-state index in [-0.39, 0.29) is 40.1 Å². The van der Waals surface area contributed by atoms with Crippen molar-refractivity contribution < 1.29 is 53.4 Å². The summed E-state index contributed by atoms with van der Waals surface area (Å²) in [5.41, 5.74) is -1.10. The minimum atomic E-state index is -1.37. The summed E-state index contributed by atoms with van der Waals surface area (Å²) in [5, 5.41) is 11.8. The van der Waals surface area contributed by atoms with Crippen LogP contribution in [0.1, 0.15) is 58.9 Å². The number of rotatable bonds is 3. The van der Waals surface area contributed by atoms with Crippen LogP contribution < -0.4 is 34.7 Å². The number of ether oxygens (including phenoxy) is 1. The predicted molar refractivity (Wildman–Crippen MR) is 94.3 cm³/mol. The van der Waals surface area contributed by atoms with E-state index in [1.807, 2.05) is 13.8 Å². The van der Waals surface area contributed by atoms with Gasteiger partial charge in [-0.15, -0.1) is 0 Å². The van der Waals surface area contributed by atoms with Crippen LogP contribution in [-0.4, -0.2) is 34.1 Å². The maximum atomic E-state index is 13.9. The second kappa shape index (κ2) is 8.68. The van der Waals surface area contributed by atoms with Crippen molar-refractivity contribution in [2.75, 3.05) is 0 Å². The molecule has 0 spiro atoms. The van der Waals surface area contributed by atoms with Gasteiger partial charge in [0.25, 0.3) is 0 Å². The van der Waals surface area contributed by atoms with E-state index in [9.17, 15) is 19.1 Å². The topological polar surface area (TPSA) is 69.7 Å². The number of nitrogens with zero attached hydrogens (tertiary/aromatic N) is 1. The summed E-state index contributed by atoms with van der Waals surface area (Å²) in [5.74, 6) is -3.27. The van der Waals surface area contributed by atoms with Crippen molar-refractivity contribution in [1.29, 1.82) is 0 Å². The van der Waals surface area contributed by atoms with Crippen molar-refractivity contribution in [1.82, 2.24) is 4.90 Å². The van der Waals surface area contributed by atoms with Gasteiger partial charge in [-0.3, -0.25) is 4.90 Å². The van der Waals surface area contributed by atoms with Crippen molar-refractivity contribution in [3.05, 3.63) is 34.6 Å². The summed E-state index contributed by atoms with van der Waals surface area (Å²) >= 11 is 5.70. The number of amides is 1. The van der Waals surface area contributed by atoms with Crippen molar-refractivity contribution in [2.24, 2.45) is 0 Å². The van der Waals surface area contributed by atoms with Gasteiger partial charge >= 0.3 is 35.7 Å². The van der Waals surface area contributed by atoms with Gasteiger partial charge in [-0.25, -0.2) is 9.18 Å². The van der Waals surface area contributed by atoms with Gasteiger partial charge in [0.15, 0.2) is 0 Å². The molecule has 0 bridgehead atoms. The predicted octanol–water partition coefficient (Wildman–Crippen LogP) is 0.495. The van der Waals surface area contributed by atoms with Crippen molar-refractivity contribution >= 4 is 23.7 Å². The molecule has 5 nitrogen and oxygen atoms in total. The number of carboxylic acid groups (broad SMARTS) is 1. The molecular formula is C19H24ClFNNaO4. The van der Waals surface area contributed by atoms with E-state index in [0.29, 0.717) is 12.8 Å². The number of hydrogen-bond acceptors (Lipinski definition) is 4. The molecule has 144 valence electrons. The minimum absolute atomic E-state index is 0. The van der Waals surface area contributed by atoms with Gasteiger partial charge in [-0.1, -0.05) is 17.7 Å². The molecule has 0 N–H and O–H groups in total. The first-order chi connectivity index (χ1) is 11.8. The molecule has 0 aromatic heterocycles. The van der Waals surface area contributed by atoms with Crippen LogP contribution >= 0.6 is 11.6 Å². The Morgan fingerprint density at radius 2 is 1.96 bits per heavy atom. The van der Waals surface area contributed by atoms with Crippen LogP contribution in [0.3, 0.4) is 0 Å². The average Bonchev–Trinajstić information content (AvgIpc) is 2.76. The average molecular weight is 408 g/mol. The van der Waals surface area contributed by atoms with Crippen molar-refractivity contribution in [2.45, 2.75) is 70.6 Å². The van der Waals surface area contributed by atoms with Crippen molar-refractivity contribution in [3.63, 3.8) is 0 Å². The third-order valence-electron chi connectivity index (χ3n) is 4.57. The van der Waals surface area contributed by atoms with Crippen LogP contribution in [-0.2, 0) is 9.53 Å². The van der Waals surface area contributed by atoms with E-state index in [2.05, 4.69) is 0 Å². The van der Waals surface area contributed by atoms with Gasteiger partial charge in [0.2, 0.25) is 0 Å². The summed E-state index contributed by atoms with van der Waals surface area (Å²) in [4.78, 5) is 26.1. The molecule has 2 rings (SSSR count). The molecule has 1 saturated heterocycles. The first kappa shape index (κ1) is 24.2. The minimum Gasteiger partial charge on any atom is -0.549 e. The third kappa shape index (κ3) is 5.59. The quantitative estimate of drug-likeness (QED) is 0.684. The monoisotopic (exact) mass is 407 g/mol. The SMILES string of the molecule is CC(C)(C)OC(=O)N1[C@H]([C@@H](C(=O)[O-])c2ccc(Cl)c(F)c2)CCC1(C)C.[Na+]. The van der Waals surface area contributed by atoms with Crippen molar-refractivity contribution in [3.8, 4) is 0 Å². The zero-order valence-corrected chi connectivity index (χ0v) is 19.4. The largest absolute Gasteiger partial charge is 1.00 e. The zero-order chi connectivity index (χ0) is 19.9. The summed E-state index contributed by atoms with van der Waals surface area (Å²) in [6.45, 7) is 8.94. The molecule has 8 heteroatoms. The normalized spacial score (nSPS) is 20.0. The molecule has 0 radical (unpaired) electrons.